The number of nitrogens with one attached hydrogen (secondary N) is 3. The maximum absolute atomic E-state index is 12.5. The van der Waals surface area contributed by atoms with Gasteiger partial charge in [-0.3, -0.25) is 19.8 Å². The quantitative estimate of drug-likeness (QED) is 0.652. The zero-order chi connectivity index (χ0) is 22.4. The third-order valence-corrected chi connectivity index (χ3v) is 4.95. The summed E-state index contributed by atoms with van der Waals surface area (Å²) < 4.78 is 10.9. The van der Waals surface area contributed by atoms with Gasteiger partial charge in [0.05, 0.1) is 6.04 Å². The first-order valence-corrected chi connectivity index (χ1v) is 9.90. The number of urea groups is 1. The van der Waals surface area contributed by atoms with Crippen molar-refractivity contribution in [1.82, 2.24) is 15.5 Å². The number of carbonyl (C=O) groups excluding carboxylic acids is 3. The molecule has 2 aromatic carbocycles. The summed E-state index contributed by atoms with van der Waals surface area (Å²) in [5, 5.41) is 7.55. The normalized spacial score (nSPS) is 13.3. The number of imide groups is 1. The lowest BCUT2D eigenvalue weighted by molar-refractivity contribution is -0.124. The summed E-state index contributed by atoms with van der Waals surface area (Å²) in [6.45, 7) is 3.12. The van der Waals surface area contributed by atoms with Crippen LogP contribution >= 0.6 is 0 Å². The van der Waals surface area contributed by atoms with Crippen LogP contribution in [-0.2, 0) is 11.3 Å². The van der Waals surface area contributed by atoms with Crippen molar-refractivity contribution in [2.45, 2.75) is 19.5 Å². The second kappa shape index (κ2) is 9.94. The Balaban J connectivity index is 1.52. The molecular formula is C22H26N4O5. The van der Waals surface area contributed by atoms with Gasteiger partial charge in [0.1, 0.15) is 13.2 Å². The van der Waals surface area contributed by atoms with Crippen LogP contribution in [0.5, 0.6) is 11.5 Å². The second-order valence-corrected chi connectivity index (χ2v) is 7.17. The standard InChI is InChI=1S/C22H26N4O5/c1-14(26(3)13-15-4-6-16(7-5-15)21(28)23-2)20(27)25-22(29)24-17-8-9-18-19(12-17)31-11-10-30-18/h4-9,12,14H,10-11,13H2,1-3H3,(H,23,28)(H2,24,25,27,29). The highest BCUT2D eigenvalue weighted by Gasteiger charge is 2.21. The lowest BCUT2D eigenvalue weighted by Crippen LogP contribution is -2.46. The first-order valence-electron chi connectivity index (χ1n) is 9.90. The SMILES string of the molecule is CNC(=O)c1ccc(CN(C)C(C)C(=O)NC(=O)Nc2ccc3c(c2)OCCO3)cc1. The minimum atomic E-state index is -0.628. The number of anilines is 1. The van der Waals surface area contributed by atoms with Crippen molar-refractivity contribution < 1.29 is 23.9 Å². The van der Waals surface area contributed by atoms with Gasteiger partial charge in [0.15, 0.2) is 11.5 Å². The molecule has 1 aliphatic rings. The fourth-order valence-electron chi connectivity index (χ4n) is 3.03. The summed E-state index contributed by atoms with van der Waals surface area (Å²) in [5.74, 6) is 0.578. The molecule has 3 rings (SSSR count). The molecule has 0 saturated heterocycles. The monoisotopic (exact) mass is 426 g/mol. The molecule has 1 atom stereocenters. The van der Waals surface area contributed by atoms with Crippen molar-refractivity contribution in [3.8, 4) is 11.5 Å². The number of fused-ring (bicyclic) bond motifs is 1. The maximum atomic E-state index is 12.5. The molecule has 0 bridgehead atoms. The Morgan fingerprint density at radius 2 is 1.71 bits per heavy atom. The first-order chi connectivity index (χ1) is 14.9. The van der Waals surface area contributed by atoms with Gasteiger partial charge < -0.3 is 20.1 Å². The van der Waals surface area contributed by atoms with E-state index in [1.165, 1.54) is 0 Å². The number of hydrogen-bond donors (Lipinski definition) is 3. The molecule has 1 unspecified atom stereocenters. The fourth-order valence-corrected chi connectivity index (χ4v) is 3.03. The van der Waals surface area contributed by atoms with E-state index in [0.717, 1.165) is 5.56 Å². The van der Waals surface area contributed by atoms with Gasteiger partial charge in [0, 0.05) is 30.9 Å². The van der Waals surface area contributed by atoms with Crippen LogP contribution in [0.1, 0.15) is 22.8 Å². The van der Waals surface area contributed by atoms with Gasteiger partial charge >= 0.3 is 6.03 Å². The third-order valence-electron chi connectivity index (χ3n) is 4.95. The number of carbonyl (C=O) groups is 3. The molecule has 0 aromatic heterocycles. The number of likely N-dealkylation sites (N-methyl/N-ethyl adjacent to an activating group) is 1. The van der Waals surface area contributed by atoms with Crippen LogP contribution in [0.4, 0.5) is 10.5 Å². The van der Waals surface area contributed by atoms with E-state index >= 15 is 0 Å². The van der Waals surface area contributed by atoms with Crippen LogP contribution in [0.3, 0.4) is 0 Å². The predicted octanol–water partition coefficient (Wildman–Crippen LogP) is 1.99. The average Bonchev–Trinajstić information content (AvgIpc) is 2.78. The molecule has 31 heavy (non-hydrogen) atoms. The second-order valence-electron chi connectivity index (χ2n) is 7.17. The summed E-state index contributed by atoms with van der Waals surface area (Å²) in [5.41, 5.74) is 2.00. The van der Waals surface area contributed by atoms with Gasteiger partial charge in [0.25, 0.3) is 5.91 Å². The summed E-state index contributed by atoms with van der Waals surface area (Å²) >= 11 is 0. The molecule has 2 aromatic rings. The Kier molecular flexibility index (Phi) is 7.09. The lowest BCUT2D eigenvalue weighted by Gasteiger charge is -2.24. The van der Waals surface area contributed by atoms with Gasteiger partial charge in [-0.05, 0) is 43.8 Å². The van der Waals surface area contributed by atoms with E-state index in [9.17, 15) is 14.4 Å². The summed E-state index contributed by atoms with van der Waals surface area (Å²) in [4.78, 5) is 38.1. The number of benzene rings is 2. The molecule has 0 aliphatic carbocycles. The Labute approximate surface area is 180 Å². The van der Waals surface area contributed by atoms with E-state index in [-0.39, 0.29) is 5.91 Å². The molecule has 0 fully saturated rings. The van der Waals surface area contributed by atoms with Gasteiger partial charge in [-0.15, -0.1) is 0 Å². The molecule has 9 heteroatoms. The smallest absolute Gasteiger partial charge is 0.325 e. The zero-order valence-corrected chi connectivity index (χ0v) is 17.7. The van der Waals surface area contributed by atoms with Crippen LogP contribution in [0, 0.1) is 0 Å². The van der Waals surface area contributed by atoms with E-state index in [0.29, 0.717) is 42.5 Å². The number of nitrogens with zero attached hydrogens (tertiary/aromatic N) is 1. The predicted molar refractivity (Wildman–Crippen MR) is 115 cm³/mol. The highest BCUT2D eigenvalue weighted by atomic mass is 16.6. The highest BCUT2D eigenvalue weighted by Crippen LogP contribution is 2.32. The average molecular weight is 426 g/mol. The van der Waals surface area contributed by atoms with Crippen LogP contribution in [0.25, 0.3) is 0 Å². The van der Waals surface area contributed by atoms with Crippen molar-refractivity contribution >= 4 is 23.5 Å². The number of hydrogen-bond acceptors (Lipinski definition) is 6. The molecule has 0 saturated carbocycles. The largest absolute Gasteiger partial charge is 0.486 e. The van der Waals surface area contributed by atoms with Crippen molar-refractivity contribution in [3.63, 3.8) is 0 Å². The maximum Gasteiger partial charge on any atom is 0.325 e. The van der Waals surface area contributed by atoms with E-state index < -0.39 is 18.0 Å². The summed E-state index contributed by atoms with van der Waals surface area (Å²) in [7, 11) is 3.36. The van der Waals surface area contributed by atoms with Crippen LogP contribution < -0.4 is 25.4 Å². The van der Waals surface area contributed by atoms with Gasteiger partial charge in [-0.25, -0.2) is 4.79 Å². The molecule has 1 heterocycles. The lowest BCUT2D eigenvalue weighted by atomic mass is 10.1. The Bertz CT molecular complexity index is 961. The zero-order valence-electron chi connectivity index (χ0n) is 17.7. The van der Waals surface area contributed by atoms with Crippen molar-refractivity contribution in [1.29, 1.82) is 0 Å². The number of rotatable bonds is 6. The van der Waals surface area contributed by atoms with Crippen molar-refractivity contribution in [2.24, 2.45) is 0 Å². The number of amides is 4. The number of ether oxygens (including phenoxy) is 2. The third kappa shape index (κ3) is 5.73. The van der Waals surface area contributed by atoms with E-state index in [1.54, 1.807) is 51.4 Å². The Morgan fingerprint density at radius 1 is 1.03 bits per heavy atom. The molecular weight excluding hydrogens is 400 g/mol. The first kappa shape index (κ1) is 22.1. The fraction of sp³-hybridized carbons (Fsp3) is 0.318. The van der Waals surface area contributed by atoms with Crippen LogP contribution in [0.2, 0.25) is 0 Å². The molecule has 164 valence electrons. The molecule has 0 spiro atoms. The Morgan fingerprint density at radius 3 is 2.39 bits per heavy atom. The molecule has 9 nitrogen and oxygen atoms in total. The van der Waals surface area contributed by atoms with Gasteiger partial charge in [-0.2, -0.15) is 0 Å². The minimum Gasteiger partial charge on any atom is -0.486 e. The topological polar surface area (TPSA) is 109 Å². The highest BCUT2D eigenvalue weighted by molar-refractivity contribution is 6.02. The minimum absolute atomic E-state index is 0.156. The summed E-state index contributed by atoms with van der Waals surface area (Å²) in [6, 6.07) is 11.0. The Hall–Kier alpha value is -3.59. The molecule has 3 N–H and O–H groups in total. The van der Waals surface area contributed by atoms with Gasteiger partial charge in [0.2, 0.25) is 5.91 Å². The van der Waals surface area contributed by atoms with Crippen molar-refractivity contribution in [2.75, 3.05) is 32.6 Å². The van der Waals surface area contributed by atoms with Crippen molar-refractivity contribution in [3.05, 3.63) is 53.6 Å². The van der Waals surface area contributed by atoms with Crippen LogP contribution in [0.15, 0.2) is 42.5 Å². The molecule has 1 aliphatic heterocycles. The van der Waals surface area contributed by atoms with E-state index in [2.05, 4.69) is 16.0 Å². The molecule has 0 radical (unpaired) electrons. The van der Waals surface area contributed by atoms with Crippen LogP contribution in [-0.4, -0.2) is 56.1 Å². The van der Waals surface area contributed by atoms with E-state index in [1.807, 2.05) is 17.0 Å². The van der Waals surface area contributed by atoms with Gasteiger partial charge in [-0.1, -0.05) is 12.1 Å². The summed E-state index contributed by atoms with van der Waals surface area (Å²) in [6.07, 6.45) is 0. The molecule has 4 amide bonds. The van der Waals surface area contributed by atoms with E-state index in [4.69, 9.17) is 9.47 Å².